The maximum Gasteiger partial charge on any atom is 0.122 e. The van der Waals surface area contributed by atoms with Gasteiger partial charge in [0.05, 0.1) is 27.4 Å². The van der Waals surface area contributed by atoms with Crippen molar-refractivity contribution in [3.8, 4) is 0 Å². The van der Waals surface area contributed by atoms with Crippen LogP contribution in [0.2, 0.25) is 0 Å². The van der Waals surface area contributed by atoms with Crippen LogP contribution < -0.4 is 5.32 Å². The fourth-order valence-electron chi connectivity index (χ4n) is 4.64. The lowest BCUT2D eigenvalue weighted by Crippen LogP contribution is -2.50. The average Bonchev–Trinajstić information content (AvgIpc) is 2.96. The number of piperidine rings is 1. The highest BCUT2D eigenvalue weighted by atomic mass is 16.5. The number of rotatable bonds is 17. The summed E-state index contributed by atoms with van der Waals surface area (Å²) < 4.78 is 15.8. The van der Waals surface area contributed by atoms with Crippen molar-refractivity contribution in [2.45, 2.75) is 77.9 Å². The molecule has 7 nitrogen and oxygen atoms in total. The number of allylic oxidation sites excluding steroid dienone is 5. The van der Waals surface area contributed by atoms with Gasteiger partial charge in [0.2, 0.25) is 0 Å². The van der Waals surface area contributed by atoms with Gasteiger partial charge in [0.1, 0.15) is 17.3 Å². The molecule has 232 valence electrons. The molecule has 0 spiro atoms. The molecule has 0 saturated carbocycles. The molecule has 3 unspecified atom stereocenters. The van der Waals surface area contributed by atoms with Crippen LogP contribution in [0.3, 0.4) is 0 Å². The highest BCUT2D eigenvalue weighted by Gasteiger charge is 2.28. The minimum absolute atomic E-state index is 0. The predicted octanol–water partition coefficient (Wildman–Crippen LogP) is 6.07. The van der Waals surface area contributed by atoms with Crippen molar-refractivity contribution in [1.82, 2.24) is 15.1 Å². The Morgan fingerprint density at radius 3 is 2.45 bits per heavy atom. The number of hydrogen-bond acceptors (Lipinski definition) is 7. The second-order valence-electron chi connectivity index (χ2n) is 10.5. The van der Waals surface area contributed by atoms with E-state index in [1.165, 1.54) is 44.6 Å². The third-order valence-corrected chi connectivity index (χ3v) is 7.25. The number of likely N-dealkylation sites (tertiary alicyclic amines) is 1. The Morgan fingerprint density at radius 1 is 1.23 bits per heavy atom. The SMILES string of the molecule is C=C(/C=C(\C=C\CO)OC)OC.C=C/C(OCCCCN(C)C)=C(C)\C(C)=C\C(C)N1CCC(NC)CC1CC.[HH]. The minimum Gasteiger partial charge on any atom is -0.497 e. The Labute approximate surface area is 247 Å². The Kier molecular flexibility index (Phi) is 21.1. The summed E-state index contributed by atoms with van der Waals surface area (Å²) in [6, 6.07) is 1.75. The Bertz CT molecular complexity index is 851. The first kappa shape index (κ1) is 37.7. The molecule has 0 bridgehead atoms. The van der Waals surface area contributed by atoms with Crippen molar-refractivity contribution >= 4 is 0 Å². The minimum atomic E-state index is -0.0137. The van der Waals surface area contributed by atoms with Crippen LogP contribution in [0.1, 0.15) is 61.2 Å². The van der Waals surface area contributed by atoms with Crippen LogP contribution in [-0.4, -0.2) is 94.7 Å². The Hall–Kier alpha value is -2.32. The summed E-state index contributed by atoms with van der Waals surface area (Å²) in [6.07, 6.45) is 15.0. The van der Waals surface area contributed by atoms with E-state index in [4.69, 9.17) is 19.3 Å². The van der Waals surface area contributed by atoms with Crippen LogP contribution in [0.5, 0.6) is 0 Å². The lowest BCUT2D eigenvalue weighted by molar-refractivity contribution is 0.103. The zero-order valence-electron chi connectivity index (χ0n) is 27.0. The van der Waals surface area contributed by atoms with Gasteiger partial charge in [-0.15, -0.1) is 0 Å². The van der Waals surface area contributed by atoms with Crippen LogP contribution in [0, 0.1) is 0 Å². The molecular weight excluding hydrogens is 502 g/mol. The number of nitrogens with one attached hydrogen (secondary N) is 1. The predicted molar refractivity (Wildman–Crippen MR) is 172 cm³/mol. The zero-order valence-corrected chi connectivity index (χ0v) is 27.0. The van der Waals surface area contributed by atoms with Gasteiger partial charge in [-0.2, -0.15) is 0 Å². The molecule has 40 heavy (non-hydrogen) atoms. The molecule has 1 fully saturated rings. The highest BCUT2D eigenvalue weighted by Crippen LogP contribution is 2.25. The monoisotopic (exact) mass is 563 g/mol. The van der Waals surface area contributed by atoms with Gasteiger partial charge in [0, 0.05) is 32.2 Å². The molecule has 7 heteroatoms. The third kappa shape index (κ3) is 15.5. The Balaban J connectivity index is 0. The summed E-state index contributed by atoms with van der Waals surface area (Å²) in [6.45, 7) is 19.6. The van der Waals surface area contributed by atoms with Crippen molar-refractivity contribution in [3.63, 3.8) is 0 Å². The Morgan fingerprint density at radius 2 is 1.93 bits per heavy atom. The van der Waals surface area contributed by atoms with Crippen molar-refractivity contribution in [1.29, 1.82) is 0 Å². The van der Waals surface area contributed by atoms with Gasteiger partial charge < -0.3 is 29.5 Å². The van der Waals surface area contributed by atoms with Crippen molar-refractivity contribution in [2.75, 3.05) is 61.7 Å². The highest BCUT2D eigenvalue weighted by molar-refractivity contribution is 5.34. The van der Waals surface area contributed by atoms with Gasteiger partial charge in [-0.3, -0.25) is 4.90 Å². The van der Waals surface area contributed by atoms with E-state index in [0.29, 0.717) is 29.6 Å². The largest absolute Gasteiger partial charge is 0.497 e. The molecule has 0 aromatic rings. The van der Waals surface area contributed by atoms with Crippen LogP contribution in [0.4, 0.5) is 0 Å². The van der Waals surface area contributed by atoms with Gasteiger partial charge in [-0.1, -0.05) is 32.2 Å². The van der Waals surface area contributed by atoms with Gasteiger partial charge >= 0.3 is 0 Å². The smallest absolute Gasteiger partial charge is 0.122 e. The standard InChI is InChI=1S/C24H45N3O.C9H14O3.H2/c1-9-23-18-22(25-6)13-15-27(23)20(4)17-19(3)21(5)24(10-2)28-16-12-11-14-26(7)8;1-8(11-2)7-9(12-3)5-4-6-10;/h10,17,20,22-23,25H,2,9,11-16,18H2,1,3-8H3;4-5,7,10H,1,6H2,2-3H3;1H/b19-17+,24-21+;5-4+,9-7+;. The van der Waals surface area contributed by atoms with E-state index in [1.54, 1.807) is 18.2 Å². The topological polar surface area (TPSA) is 66.4 Å². The van der Waals surface area contributed by atoms with E-state index < -0.39 is 0 Å². The first-order chi connectivity index (χ1) is 19.1. The van der Waals surface area contributed by atoms with Gasteiger partial charge in [0.25, 0.3) is 0 Å². The van der Waals surface area contributed by atoms with Gasteiger partial charge in [0.15, 0.2) is 0 Å². The number of ether oxygens (including phenoxy) is 3. The number of aliphatic hydroxyl groups excluding tert-OH is 1. The number of methoxy groups -OCH3 is 2. The second-order valence-corrected chi connectivity index (χ2v) is 10.5. The van der Waals surface area contributed by atoms with E-state index in [-0.39, 0.29) is 8.03 Å². The molecule has 3 atom stereocenters. The summed E-state index contributed by atoms with van der Waals surface area (Å²) in [5.41, 5.74) is 2.49. The first-order valence-corrected chi connectivity index (χ1v) is 14.6. The zero-order chi connectivity index (χ0) is 30.5. The van der Waals surface area contributed by atoms with Crippen molar-refractivity contribution in [3.05, 3.63) is 72.0 Å². The number of unbranched alkanes of at least 4 members (excludes halogenated alkanes) is 1. The lowest BCUT2D eigenvalue weighted by Gasteiger charge is -2.42. The number of aliphatic hydroxyl groups is 1. The summed E-state index contributed by atoms with van der Waals surface area (Å²) in [5, 5.41) is 11.9. The quantitative estimate of drug-likeness (QED) is 0.126. The van der Waals surface area contributed by atoms with E-state index in [9.17, 15) is 0 Å². The number of nitrogens with zero attached hydrogens (tertiary/aromatic N) is 2. The molecular formula is C33H61N3O4. The summed E-state index contributed by atoms with van der Waals surface area (Å²) >= 11 is 0. The molecule has 1 rings (SSSR count). The fraction of sp³-hybridized carbons (Fsp3) is 0.636. The van der Waals surface area contributed by atoms with E-state index in [0.717, 1.165) is 38.3 Å². The average molecular weight is 564 g/mol. The third-order valence-electron chi connectivity index (χ3n) is 7.25. The lowest BCUT2D eigenvalue weighted by atomic mass is 9.93. The number of hydrogen-bond donors (Lipinski definition) is 2. The van der Waals surface area contributed by atoms with Crippen LogP contribution in [0.15, 0.2) is 72.0 Å². The second kappa shape index (κ2) is 22.4. The molecule has 0 radical (unpaired) electrons. The van der Waals surface area contributed by atoms with Crippen molar-refractivity contribution in [2.24, 2.45) is 0 Å². The molecule has 1 heterocycles. The molecule has 0 aliphatic carbocycles. The molecule has 0 aromatic heterocycles. The van der Waals surface area contributed by atoms with E-state index >= 15 is 0 Å². The summed E-state index contributed by atoms with van der Waals surface area (Å²) in [7, 11) is 9.38. The van der Waals surface area contributed by atoms with Crippen LogP contribution in [-0.2, 0) is 14.2 Å². The van der Waals surface area contributed by atoms with Gasteiger partial charge in [-0.25, -0.2) is 0 Å². The van der Waals surface area contributed by atoms with Gasteiger partial charge in [-0.05, 0) is 104 Å². The molecule has 2 N–H and O–H groups in total. The maximum atomic E-state index is 8.48. The maximum absolute atomic E-state index is 8.48. The fourth-order valence-corrected chi connectivity index (χ4v) is 4.64. The van der Waals surface area contributed by atoms with E-state index in [2.05, 4.69) is 83.2 Å². The first-order valence-electron chi connectivity index (χ1n) is 14.6. The summed E-state index contributed by atoms with van der Waals surface area (Å²) in [4.78, 5) is 4.88. The van der Waals surface area contributed by atoms with Crippen LogP contribution in [0.25, 0.3) is 0 Å². The molecule has 0 amide bonds. The molecule has 0 aromatic carbocycles. The summed E-state index contributed by atoms with van der Waals surface area (Å²) in [5.74, 6) is 2.03. The van der Waals surface area contributed by atoms with Crippen molar-refractivity contribution < 1.29 is 20.7 Å². The molecule has 1 aliphatic heterocycles. The normalized spacial score (nSPS) is 20.0. The molecule has 1 aliphatic rings. The van der Waals surface area contributed by atoms with Crippen LogP contribution >= 0.6 is 0 Å². The van der Waals surface area contributed by atoms with E-state index in [1.807, 2.05) is 6.08 Å². The molecule has 1 saturated heterocycles.